The van der Waals surface area contributed by atoms with Gasteiger partial charge in [-0.05, 0) is 122 Å². The summed E-state index contributed by atoms with van der Waals surface area (Å²) in [6.45, 7) is 3.03. The van der Waals surface area contributed by atoms with Crippen molar-refractivity contribution in [1.29, 1.82) is 0 Å². The van der Waals surface area contributed by atoms with Crippen LogP contribution in [-0.4, -0.2) is 87.8 Å². The molecule has 0 bridgehead atoms. The first-order valence-corrected chi connectivity index (χ1v) is 35.4. The maximum Gasteiger partial charge on any atom is 0.296 e. The largest absolute Gasteiger partial charge is 0.396 e. The quantitative estimate of drug-likeness (QED) is 0.0230. The predicted octanol–water partition coefficient (Wildman–Crippen LogP) is 12.0. The fraction of sp³-hybridized carbons (Fsp3) is 0.0385. The van der Waals surface area contributed by atoms with E-state index in [9.17, 15) is 77.8 Å². The number of fused-ring (bicyclic) bond motifs is 2. The summed E-state index contributed by atoms with van der Waals surface area (Å²) in [5.74, 6) is 0. The Morgan fingerprint density at radius 1 is 0.348 bits per heavy atom. The van der Waals surface area contributed by atoms with Crippen molar-refractivity contribution in [2.45, 2.75) is 43.2 Å². The average Bonchev–Trinajstić information content (AvgIpc) is 1.27. The second-order valence-corrected chi connectivity index (χ2v) is 29.7. The van der Waals surface area contributed by atoms with E-state index in [0.29, 0.717) is 67.6 Å². The molecule has 92 heavy (non-hydrogen) atoms. The second-order valence-electron chi connectivity index (χ2n) is 19.4. The first-order valence-electron chi connectivity index (χ1n) is 25.1. The molecule has 0 aliphatic heterocycles. The molecule has 40 heteroatoms. The first kappa shape index (κ1) is 65.5. The number of rotatable bonds is 17. The molecule has 474 valence electrons. The van der Waals surface area contributed by atoms with Crippen molar-refractivity contribution >= 4 is 172 Å². The lowest BCUT2D eigenvalue weighted by atomic mass is 10.0. The summed E-state index contributed by atoms with van der Waals surface area (Å²) in [6.07, 6.45) is 0. The average molecular weight is 1410 g/mol. The lowest BCUT2D eigenvalue weighted by Crippen LogP contribution is -2.05. The van der Waals surface area contributed by atoms with Crippen LogP contribution in [0.25, 0.3) is 52.7 Å². The van der Waals surface area contributed by atoms with Crippen LogP contribution in [0.4, 0.5) is 68.2 Å². The van der Waals surface area contributed by atoms with Crippen molar-refractivity contribution < 1.29 is 77.8 Å². The van der Waals surface area contributed by atoms with Crippen LogP contribution in [0.2, 0.25) is 0 Å². The molecule has 0 atom stereocenters. The monoisotopic (exact) mass is 1400 g/mol. The highest BCUT2D eigenvalue weighted by atomic mass is 32.2. The van der Waals surface area contributed by atoms with Crippen molar-refractivity contribution in [2.75, 3.05) is 22.9 Å². The minimum Gasteiger partial charge on any atom is -0.396 e. The number of aryl methyl sites for hydroxylation is 2. The van der Waals surface area contributed by atoms with Crippen LogP contribution in [0.15, 0.2) is 192 Å². The van der Waals surface area contributed by atoms with Crippen molar-refractivity contribution in [2.24, 2.45) is 40.9 Å². The van der Waals surface area contributed by atoms with E-state index >= 15 is 0 Å². The SMILES string of the molecule is Cc1ccc2nc(-c3ccc(/N=N\c4c(N)c(N=Nc5ccc(-c6ccc(N=Nc7cc(S(=O)(=O)O)c(N)c(/N=N\c8ccc(-c9nc%10ccc(C)c(S(=O)(=O)O)c%10s9)cc8)c7N)cc6S(=O)(=O)O)c(S(=O)(=O)O)c5)cc(S(=O)(=O)O)c4N)cc3)sc2c1S(=O)(=O)O. The van der Waals surface area contributed by atoms with Gasteiger partial charge in [0.2, 0.25) is 0 Å². The molecule has 14 N–H and O–H groups in total. The van der Waals surface area contributed by atoms with E-state index in [2.05, 4.69) is 50.9 Å². The van der Waals surface area contributed by atoms with Gasteiger partial charge in [0.15, 0.2) is 0 Å². The van der Waals surface area contributed by atoms with Crippen LogP contribution in [0.5, 0.6) is 0 Å². The smallest absolute Gasteiger partial charge is 0.296 e. The Morgan fingerprint density at radius 2 is 0.663 bits per heavy atom. The van der Waals surface area contributed by atoms with Crippen LogP contribution >= 0.6 is 22.7 Å². The molecule has 10 aromatic rings. The standard InChI is InChI=1S/C52H40N14O18S8/c1-23-3-17-33-47(49(23)91(79,80)81)85-51(57-33)25-5-9-27(10-6-25)59-65-45-41(53)35(21-39(43(45)55)89(73,74)75)63-61-29-13-15-31(37(19-29)87(67,68)69)32-16-14-30(20-38(32)88(70,71)72)62-64-36-22-40(90(76,77)78)44(56)46(42(36)54)66-60-28-11-7-26(8-12-28)52-58-34-18-4-24(2)50(48(34)86-52)92(82,83)84/h3-22H,53-56H2,1-2H3,(H,67,68,69)(H,70,71,72)(H,73,74,75)(H,76,77,78)(H,79,80,81)(H,82,83,84)/b63-61?,64-62?,65-59-,66-60-. The number of nitrogens with two attached hydrogens (primary N) is 4. The van der Waals surface area contributed by atoms with Crippen molar-refractivity contribution in [3.63, 3.8) is 0 Å². The van der Waals surface area contributed by atoms with Crippen LogP contribution in [0, 0.1) is 13.8 Å². The normalized spacial score (nSPS) is 13.1. The van der Waals surface area contributed by atoms with Gasteiger partial charge in [0.1, 0.15) is 62.1 Å². The summed E-state index contributed by atoms with van der Waals surface area (Å²) in [7, 11) is -30.3. The second kappa shape index (κ2) is 24.0. The summed E-state index contributed by atoms with van der Waals surface area (Å²) >= 11 is 2.00. The number of thiazole rings is 2. The molecule has 0 radical (unpaired) electrons. The van der Waals surface area contributed by atoms with Crippen molar-refractivity contribution in [3.8, 4) is 32.3 Å². The van der Waals surface area contributed by atoms with Gasteiger partial charge >= 0.3 is 0 Å². The highest BCUT2D eigenvalue weighted by Gasteiger charge is 2.28. The van der Waals surface area contributed by atoms with Gasteiger partial charge in [-0.1, -0.05) is 24.3 Å². The number of anilines is 4. The highest BCUT2D eigenvalue weighted by molar-refractivity contribution is 7.87. The van der Waals surface area contributed by atoms with Gasteiger partial charge in [0, 0.05) is 22.3 Å². The number of nitrogens with zero attached hydrogens (tertiary/aromatic N) is 10. The van der Waals surface area contributed by atoms with Gasteiger partial charge in [0.05, 0.1) is 65.9 Å². The maximum absolute atomic E-state index is 13.0. The fourth-order valence-electron chi connectivity index (χ4n) is 8.95. The lowest BCUT2D eigenvalue weighted by molar-refractivity contribution is 0.480. The van der Waals surface area contributed by atoms with E-state index < -0.39 is 148 Å². The molecule has 0 saturated carbocycles. The first-order chi connectivity index (χ1) is 42.9. The minimum atomic E-state index is -5.37. The molecule has 0 unspecified atom stereocenters. The third kappa shape index (κ3) is 13.5. The zero-order chi connectivity index (χ0) is 66.9. The predicted molar refractivity (Wildman–Crippen MR) is 338 cm³/mol. The minimum absolute atomic E-state index is 0.124. The molecule has 10 rings (SSSR count). The Balaban J connectivity index is 0.929. The molecule has 0 aliphatic carbocycles. The molecule has 0 fully saturated rings. The Kier molecular flexibility index (Phi) is 17.1. The van der Waals surface area contributed by atoms with Gasteiger partial charge in [-0.3, -0.25) is 27.3 Å². The summed E-state index contributed by atoms with van der Waals surface area (Å²) in [5, 5.41) is 32.5. The molecule has 2 heterocycles. The van der Waals surface area contributed by atoms with Crippen LogP contribution in [0.1, 0.15) is 11.1 Å². The van der Waals surface area contributed by atoms with Gasteiger partial charge in [-0.25, -0.2) is 9.97 Å². The summed E-state index contributed by atoms with van der Waals surface area (Å²) in [6, 6.07) is 24.9. The van der Waals surface area contributed by atoms with Gasteiger partial charge in [-0.15, -0.1) is 43.1 Å². The van der Waals surface area contributed by atoms with E-state index in [4.69, 9.17) is 22.9 Å². The molecule has 32 nitrogen and oxygen atoms in total. The summed E-state index contributed by atoms with van der Waals surface area (Å²) in [5.41, 5.74) is 20.8. The lowest BCUT2D eigenvalue weighted by Gasteiger charge is -2.13. The molecule has 0 amide bonds. The zero-order valence-corrected chi connectivity index (χ0v) is 52.7. The molecule has 0 spiro atoms. The highest BCUT2D eigenvalue weighted by Crippen LogP contribution is 2.47. The van der Waals surface area contributed by atoms with E-state index in [1.54, 1.807) is 36.4 Å². The molecule has 8 aromatic carbocycles. The fourth-order valence-corrected chi connectivity index (χ4v) is 16.3. The molecule has 0 saturated heterocycles. The summed E-state index contributed by atoms with van der Waals surface area (Å²) < 4.78 is 212. The number of hydrogen-bond acceptors (Lipinski definition) is 28. The van der Waals surface area contributed by atoms with E-state index in [0.717, 1.165) is 46.9 Å². The van der Waals surface area contributed by atoms with E-state index in [1.807, 2.05) is 0 Å². The van der Waals surface area contributed by atoms with Gasteiger partial charge in [0.25, 0.3) is 60.7 Å². The Bertz CT molecular complexity index is 5300. The van der Waals surface area contributed by atoms with Gasteiger partial charge < -0.3 is 22.9 Å². The molecular formula is C52H40N14O18S8. The molecule has 2 aromatic heterocycles. The third-order valence-electron chi connectivity index (χ3n) is 13.2. The number of aromatic nitrogens is 2. The number of nitrogen functional groups attached to an aromatic ring is 4. The Hall–Kier alpha value is -9.40. The van der Waals surface area contributed by atoms with Crippen molar-refractivity contribution in [3.05, 3.63) is 132 Å². The number of hydrogen-bond donors (Lipinski definition) is 10. The molecular weight excluding hydrogens is 1370 g/mol. The Morgan fingerprint density at radius 3 is 0.978 bits per heavy atom. The Labute approximate surface area is 528 Å². The topological polar surface area (TPSA) is 555 Å². The zero-order valence-electron chi connectivity index (χ0n) is 46.2. The molecule has 0 aliphatic rings. The van der Waals surface area contributed by atoms with E-state index in [1.165, 1.54) is 50.2 Å². The summed E-state index contributed by atoms with van der Waals surface area (Å²) in [4.78, 5) is 4.35. The van der Waals surface area contributed by atoms with Crippen molar-refractivity contribution in [1.82, 2.24) is 9.97 Å². The van der Waals surface area contributed by atoms with Crippen LogP contribution in [0.3, 0.4) is 0 Å². The maximum atomic E-state index is 13.0. The van der Waals surface area contributed by atoms with Crippen LogP contribution in [-0.2, 0) is 60.7 Å². The van der Waals surface area contributed by atoms with Crippen LogP contribution < -0.4 is 22.9 Å². The third-order valence-corrected chi connectivity index (χ3v) is 21.4. The number of azo groups is 4. The van der Waals surface area contributed by atoms with E-state index in [-0.39, 0.29) is 30.6 Å². The number of benzene rings is 8. The van der Waals surface area contributed by atoms with Gasteiger partial charge in [-0.2, -0.15) is 71.0 Å².